The summed E-state index contributed by atoms with van der Waals surface area (Å²) >= 11 is 0. The minimum atomic E-state index is -0.813. The van der Waals surface area contributed by atoms with E-state index >= 15 is 0 Å². The number of rotatable bonds is 9. The van der Waals surface area contributed by atoms with E-state index < -0.39 is 5.97 Å². The molecule has 0 bridgehead atoms. The minimum absolute atomic E-state index is 0.0193. The van der Waals surface area contributed by atoms with Gasteiger partial charge >= 0.3 is 5.97 Å². The van der Waals surface area contributed by atoms with E-state index in [0.29, 0.717) is 13.0 Å². The summed E-state index contributed by atoms with van der Waals surface area (Å²) in [5.41, 5.74) is 0. The van der Waals surface area contributed by atoms with Gasteiger partial charge in [0.2, 0.25) is 5.91 Å². The van der Waals surface area contributed by atoms with Gasteiger partial charge in [-0.25, -0.2) is 0 Å². The number of carbonyl (C=O) groups is 2. The van der Waals surface area contributed by atoms with Crippen LogP contribution in [0, 0.1) is 5.92 Å². The van der Waals surface area contributed by atoms with E-state index in [4.69, 9.17) is 5.11 Å². The van der Waals surface area contributed by atoms with Crippen molar-refractivity contribution in [3.05, 3.63) is 0 Å². The Bertz CT molecular complexity index is 244. The molecule has 0 fully saturated rings. The maximum absolute atomic E-state index is 11.5. The normalized spacial score (nSPS) is 14.1. The highest BCUT2D eigenvalue weighted by molar-refractivity contribution is 5.76. The number of aliphatic carboxylic acids is 1. The molecule has 0 aromatic rings. The quantitative estimate of drug-likeness (QED) is 0.565. The van der Waals surface area contributed by atoms with E-state index in [1.807, 2.05) is 20.8 Å². The summed E-state index contributed by atoms with van der Waals surface area (Å²) in [6.45, 7) is 7.17. The summed E-state index contributed by atoms with van der Waals surface area (Å²) < 4.78 is 0. The van der Waals surface area contributed by atoms with E-state index in [1.54, 1.807) is 0 Å². The Kier molecular flexibility index (Phi) is 8.40. The molecule has 5 nitrogen and oxygen atoms in total. The summed E-state index contributed by atoms with van der Waals surface area (Å²) in [6, 6.07) is 0.152. The van der Waals surface area contributed by atoms with Crippen molar-refractivity contribution in [3.8, 4) is 0 Å². The summed E-state index contributed by atoms with van der Waals surface area (Å²) in [5.74, 6) is -0.819. The second-order valence-electron chi connectivity index (χ2n) is 4.34. The molecule has 0 rings (SSSR count). The van der Waals surface area contributed by atoms with Crippen LogP contribution in [0.2, 0.25) is 0 Å². The van der Waals surface area contributed by atoms with Crippen LogP contribution >= 0.6 is 0 Å². The molecule has 0 aliphatic carbocycles. The Hall–Kier alpha value is -1.10. The van der Waals surface area contributed by atoms with Crippen LogP contribution in [0.3, 0.4) is 0 Å². The molecule has 3 N–H and O–H groups in total. The van der Waals surface area contributed by atoms with Gasteiger partial charge in [0.1, 0.15) is 0 Å². The average molecular weight is 244 g/mol. The van der Waals surface area contributed by atoms with Crippen molar-refractivity contribution in [1.82, 2.24) is 10.6 Å². The van der Waals surface area contributed by atoms with Crippen molar-refractivity contribution >= 4 is 11.9 Å². The van der Waals surface area contributed by atoms with Gasteiger partial charge in [0, 0.05) is 25.4 Å². The molecule has 0 aromatic carbocycles. The molecule has 0 saturated carbocycles. The fourth-order valence-electron chi connectivity index (χ4n) is 1.64. The lowest BCUT2D eigenvalue weighted by molar-refractivity contribution is -0.138. The fourth-order valence-corrected chi connectivity index (χ4v) is 1.64. The Balaban J connectivity index is 3.84. The van der Waals surface area contributed by atoms with Gasteiger partial charge in [-0.15, -0.1) is 0 Å². The molecule has 0 aliphatic rings. The number of hydrogen-bond acceptors (Lipinski definition) is 3. The highest BCUT2D eigenvalue weighted by atomic mass is 16.4. The first kappa shape index (κ1) is 15.9. The molecule has 17 heavy (non-hydrogen) atoms. The molecule has 100 valence electrons. The topological polar surface area (TPSA) is 78.4 Å². The van der Waals surface area contributed by atoms with Crippen LogP contribution in [0.15, 0.2) is 0 Å². The zero-order chi connectivity index (χ0) is 13.3. The van der Waals surface area contributed by atoms with Gasteiger partial charge in [-0.2, -0.15) is 0 Å². The van der Waals surface area contributed by atoms with E-state index in [1.165, 1.54) is 0 Å². The van der Waals surface area contributed by atoms with E-state index in [-0.39, 0.29) is 24.3 Å². The van der Waals surface area contributed by atoms with Crippen LogP contribution in [-0.4, -0.2) is 36.1 Å². The minimum Gasteiger partial charge on any atom is -0.481 e. The molecule has 5 heteroatoms. The molecule has 1 amide bonds. The maximum atomic E-state index is 11.5. The molecular weight excluding hydrogens is 220 g/mol. The first-order chi connectivity index (χ1) is 7.99. The zero-order valence-electron chi connectivity index (χ0n) is 11.0. The number of nitrogens with one attached hydrogen (secondary N) is 2. The van der Waals surface area contributed by atoms with Crippen molar-refractivity contribution in [2.75, 3.05) is 13.1 Å². The van der Waals surface area contributed by atoms with Gasteiger partial charge in [0.15, 0.2) is 0 Å². The van der Waals surface area contributed by atoms with Gasteiger partial charge in [-0.05, 0) is 19.4 Å². The second kappa shape index (κ2) is 8.98. The Labute approximate surface area is 103 Å². The van der Waals surface area contributed by atoms with Crippen molar-refractivity contribution < 1.29 is 14.7 Å². The molecule has 0 spiro atoms. The SMILES string of the molecule is CCNC(C)CC(=O)NCC(CC)CC(=O)O. The van der Waals surface area contributed by atoms with Gasteiger partial charge in [0.25, 0.3) is 0 Å². The number of hydrogen-bond donors (Lipinski definition) is 3. The largest absolute Gasteiger partial charge is 0.481 e. The summed E-state index contributed by atoms with van der Waals surface area (Å²) in [4.78, 5) is 22.1. The smallest absolute Gasteiger partial charge is 0.303 e. The Morgan fingerprint density at radius 1 is 1.24 bits per heavy atom. The fraction of sp³-hybridized carbons (Fsp3) is 0.833. The molecule has 0 heterocycles. The summed E-state index contributed by atoms with van der Waals surface area (Å²) in [5, 5.41) is 14.6. The van der Waals surface area contributed by atoms with Crippen LogP contribution < -0.4 is 10.6 Å². The van der Waals surface area contributed by atoms with Gasteiger partial charge in [-0.3, -0.25) is 9.59 Å². The second-order valence-corrected chi connectivity index (χ2v) is 4.34. The monoisotopic (exact) mass is 244 g/mol. The molecular formula is C12H24N2O3. The first-order valence-corrected chi connectivity index (χ1v) is 6.21. The number of carbonyl (C=O) groups excluding carboxylic acids is 1. The van der Waals surface area contributed by atoms with Crippen molar-refractivity contribution in [3.63, 3.8) is 0 Å². The highest BCUT2D eigenvalue weighted by Crippen LogP contribution is 2.06. The lowest BCUT2D eigenvalue weighted by atomic mass is 10.0. The Morgan fingerprint density at radius 3 is 2.35 bits per heavy atom. The van der Waals surface area contributed by atoms with E-state index in [2.05, 4.69) is 10.6 Å². The summed E-state index contributed by atoms with van der Waals surface area (Å²) in [7, 11) is 0. The Morgan fingerprint density at radius 2 is 1.88 bits per heavy atom. The van der Waals surface area contributed by atoms with Crippen LogP contribution in [0.1, 0.15) is 40.0 Å². The third kappa shape index (κ3) is 8.68. The third-order valence-corrected chi connectivity index (χ3v) is 2.67. The van der Waals surface area contributed by atoms with E-state index in [9.17, 15) is 9.59 Å². The summed E-state index contributed by atoms with van der Waals surface area (Å²) in [6.07, 6.45) is 1.30. The lowest BCUT2D eigenvalue weighted by Crippen LogP contribution is -2.36. The molecule has 0 aromatic heterocycles. The van der Waals surface area contributed by atoms with Crippen LogP contribution in [-0.2, 0) is 9.59 Å². The number of carboxylic acid groups (broad SMARTS) is 1. The molecule has 0 saturated heterocycles. The molecule has 0 aliphatic heterocycles. The van der Waals surface area contributed by atoms with Gasteiger partial charge in [-0.1, -0.05) is 20.3 Å². The van der Waals surface area contributed by atoms with E-state index in [0.717, 1.165) is 13.0 Å². The number of amides is 1. The highest BCUT2D eigenvalue weighted by Gasteiger charge is 2.13. The van der Waals surface area contributed by atoms with Crippen LogP contribution in [0.25, 0.3) is 0 Å². The predicted octanol–water partition coefficient (Wildman–Crippen LogP) is 0.992. The van der Waals surface area contributed by atoms with Gasteiger partial charge in [0.05, 0.1) is 0 Å². The van der Waals surface area contributed by atoms with Crippen LogP contribution in [0.4, 0.5) is 0 Å². The first-order valence-electron chi connectivity index (χ1n) is 6.21. The number of carboxylic acids is 1. The van der Waals surface area contributed by atoms with Crippen molar-refractivity contribution in [2.24, 2.45) is 5.92 Å². The van der Waals surface area contributed by atoms with Crippen molar-refractivity contribution in [2.45, 2.75) is 46.1 Å². The predicted molar refractivity (Wildman–Crippen MR) is 66.8 cm³/mol. The molecule has 2 unspecified atom stereocenters. The average Bonchev–Trinajstić information content (AvgIpc) is 2.23. The third-order valence-electron chi connectivity index (χ3n) is 2.67. The lowest BCUT2D eigenvalue weighted by Gasteiger charge is -2.15. The molecule has 0 radical (unpaired) electrons. The zero-order valence-corrected chi connectivity index (χ0v) is 11.0. The van der Waals surface area contributed by atoms with Crippen molar-refractivity contribution in [1.29, 1.82) is 0 Å². The molecule has 2 atom stereocenters. The standard InChI is InChI=1S/C12H24N2O3/c1-4-10(7-12(16)17)8-14-11(15)6-9(3)13-5-2/h9-10,13H,4-8H2,1-3H3,(H,14,15)(H,16,17). The van der Waals surface area contributed by atoms with Crippen LogP contribution in [0.5, 0.6) is 0 Å². The maximum Gasteiger partial charge on any atom is 0.303 e. The van der Waals surface area contributed by atoms with Gasteiger partial charge < -0.3 is 15.7 Å².